The molecule has 2 heterocycles. The van der Waals surface area contributed by atoms with Gasteiger partial charge in [0.1, 0.15) is 5.60 Å². The smallest absolute Gasteiger partial charge is 0.293 e. The monoisotopic (exact) mass is 280 g/mol. The van der Waals surface area contributed by atoms with Crippen molar-refractivity contribution in [2.75, 3.05) is 0 Å². The van der Waals surface area contributed by atoms with Crippen LogP contribution in [0.5, 0.6) is 0 Å². The highest BCUT2D eigenvalue weighted by atomic mass is 16.6. The Morgan fingerprint density at radius 1 is 1.15 bits per heavy atom. The molecule has 2 saturated heterocycles. The molecule has 6 unspecified atom stereocenters. The molecule has 0 amide bonds. The van der Waals surface area contributed by atoms with E-state index in [4.69, 9.17) is 14.2 Å². The highest BCUT2D eigenvalue weighted by Crippen LogP contribution is 2.56. The van der Waals surface area contributed by atoms with Gasteiger partial charge in [-0.2, -0.15) is 0 Å². The van der Waals surface area contributed by atoms with E-state index in [1.165, 1.54) is 6.42 Å². The summed E-state index contributed by atoms with van der Waals surface area (Å²) in [7, 11) is 0. The van der Waals surface area contributed by atoms with Crippen LogP contribution in [0.4, 0.5) is 0 Å². The fourth-order valence-corrected chi connectivity index (χ4v) is 4.96. The molecular formula is C16H24O4. The lowest BCUT2D eigenvalue weighted by atomic mass is 9.70. The SMILES string of the molecule is CC12CC(CC3(OC=O)CCC4OC4(C)C3)CCC1O2. The molecule has 0 aromatic rings. The van der Waals surface area contributed by atoms with Gasteiger partial charge in [-0.25, -0.2) is 0 Å². The van der Waals surface area contributed by atoms with Crippen molar-refractivity contribution in [1.82, 2.24) is 0 Å². The lowest BCUT2D eigenvalue weighted by Crippen LogP contribution is -2.43. The third-order valence-corrected chi connectivity index (χ3v) is 6.10. The van der Waals surface area contributed by atoms with E-state index in [1.807, 2.05) is 0 Å². The second kappa shape index (κ2) is 3.98. The predicted octanol–water partition coefficient (Wildman–Crippen LogP) is 2.59. The number of carbonyl (C=O) groups is 1. The number of hydrogen-bond acceptors (Lipinski definition) is 4. The molecule has 0 N–H and O–H groups in total. The van der Waals surface area contributed by atoms with Gasteiger partial charge in [-0.1, -0.05) is 0 Å². The lowest BCUT2D eigenvalue weighted by Gasteiger charge is -2.39. The van der Waals surface area contributed by atoms with E-state index in [1.54, 1.807) is 0 Å². The Balaban J connectivity index is 1.47. The quantitative estimate of drug-likeness (QED) is 0.586. The molecule has 4 aliphatic rings. The van der Waals surface area contributed by atoms with Gasteiger partial charge in [0.25, 0.3) is 6.47 Å². The van der Waals surface area contributed by atoms with Crippen LogP contribution in [0, 0.1) is 5.92 Å². The second-order valence-corrected chi connectivity index (χ2v) is 7.80. The zero-order valence-corrected chi connectivity index (χ0v) is 12.4. The molecule has 4 nitrogen and oxygen atoms in total. The van der Waals surface area contributed by atoms with Crippen LogP contribution in [0.25, 0.3) is 0 Å². The predicted molar refractivity (Wildman–Crippen MR) is 72.2 cm³/mol. The van der Waals surface area contributed by atoms with E-state index in [-0.39, 0.29) is 16.8 Å². The molecule has 0 spiro atoms. The summed E-state index contributed by atoms with van der Waals surface area (Å²) in [5.41, 5.74) is -0.229. The van der Waals surface area contributed by atoms with Crippen molar-refractivity contribution in [2.24, 2.45) is 5.92 Å². The van der Waals surface area contributed by atoms with Crippen LogP contribution in [-0.2, 0) is 19.0 Å². The maximum absolute atomic E-state index is 11.0. The Kier molecular flexibility index (Phi) is 2.60. The molecule has 0 aromatic heterocycles. The summed E-state index contributed by atoms with van der Waals surface area (Å²) >= 11 is 0. The van der Waals surface area contributed by atoms with Crippen LogP contribution in [0.2, 0.25) is 0 Å². The molecule has 6 atom stereocenters. The summed E-state index contributed by atoms with van der Waals surface area (Å²) < 4.78 is 17.2. The topological polar surface area (TPSA) is 51.4 Å². The fourth-order valence-electron chi connectivity index (χ4n) is 4.96. The minimum atomic E-state index is -0.299. The van der Waals surface area contributed by atoms with Crippen molar-refractivity contribution in [3.05, 3.63) is 0 Å². The Morgan fingerprint density at radius 2 is 1.90 bits per heavy atom. The Bertz CT molecular complexity index is 438. The average molecular weight is 280 g/mol. The van der Waals surface area contributed by atoms with E-state index >= 15 is 0 Å². The van der Waals surface area contributed by atoms with Gasteiger partial charge in [-0.05, 0) is 58.3 Å². The first-order valence-corrected chi connectivity index (χ1v) is 7.94. The van der Waals surface area contributed by atoms with Crippen LogP contribution in [0.15, 0.2) is 0 Å². The summed E-state index contributed by atoms with van der Waals surface area (Å²) in [5.74, 6) is 0.609. The molecular weight excluding hydrogens is 256 g/mol. The van der Waals surface area contributed by atoms with Gasteiger partial charge >= 0.3 is 0 Å². The minimum Gasteiger partial charge on any atom is -0.461 e. The fraction of sp³-hybridized carbons (Fsp3) is 0.938. The maximum Gasteiger partial charge on any atom is 0.293 e. The molecule has 112 valence electrons. The molecule has 2 saturated carbocycles. The largest absolute Gasteiger partial charge is 0.461 e. The van der Waals surface area contributed by atoms with Crippen LogP contribution in [0.3, 0.4) is 0 Å². The number of epoxide rings is 2. The van der Waals surface area contributed by atoms with Crippen molar-refractivity contribution in [2.45, 2.75) is 87.8 Å². The number of carbonyl (C=O) groups excluding carboxylic acids is 1. The highest BCUT2D eigenvalue weighted by molar-refractivity contribution is 5.39. The van der Waals surface area contributed by atoms with Crippen LogP contribution in [0.1, 0.15) is 58.8 Å². The van der Waals surface area contributed by atoms with Gasteiger partial charge in [0.2, 0.25) is 0 Å². The standard InChI is InChI=1S/C16H24O4/c1-14-7-11(3-4-12(14)19-14)8-16(18-10-17)6-5-13-15(2,9-16)20-13/h10-13H,3-9H2,1-2H3. The lowest BCUT2D eigenvalue weighted by molar-refractivity contribution is -0.150. The molecule has 0 aromatic carbocycles. The molecule has 20 heavy (non-hydrogen) atoms. The highest BCUT2D eigenvalue weighted by Gasteiger charge is 2.62. The van der Waals surface area contributed by atoms with Gasteiger partial charge < -0.3 is 14.2 Å². The van der Waals surface area contributed by atoms with Gasteiger partial charge in [0, 0.05) is 6.42 Å². The first-order valence-electron chi connectivity index (χ1n) is 7.94. The summed E-state index contributed by atoms with van der Waals surface area (Å²) in [6, 6.07) is 0. The maximum atomic E-state index is 11.0. The van der Waals surface area contributed by atoms with Gasteiger partial charge in [-0.3, -0.25) is 4.79 Å². The first-order chi connectivity index (χ1) is 9.47. The summed E-state index contributed by atoms with van der Waals surface area (Å²) in [6.07, 6.45) is 8.16. The summed E-state index contributed by atoms with van der Waals surface area (Å²) in [4.78, 5) is 11.0. The Labute approximate surface area is 120 Å². The Hall–Kier alpha value is -0.610. The number of rotatable bonds is 4. The van der Waals surface area contributed by atoms with Crippen LogP contribution < -0.4 is 0 Å². The normalized spacial score (nSPS) is 56.4. The average Bonchev–Trinajstić information content (AvgIpc) is 3.22. The molecule has 2 aliphatic heterocycles. The number of hydrogen-bond donors (Lipinski definition) is 0. The zero-order valence-electron chi connectivity index (χ0n) is 12.4. The van der Waals surface area contributed by atoms with Gasteiger partial charge in [0.15, 0.2) is 0 Å². The molecule has 2 aliphatic carbocycles. The third-order valence-electron chi connectivity index (χ3n) is 6.10. The van der Waals surface area contributed by atoms with Crippen molar-refractivity contribution in [3.63, 3.8) is 0 Å². The van der Waals surface area contributed by atoms with E-state index in [0.29, 0.717) is 24.6 Å². The summed E-state index contributed by atoms with van der Waals surface area (Å²) in [6.45, 7) is 5.02. The number of fused-ring (bicyclic) bond motifs is 2. The van der Waals surface area contributed by atoms with E-state index in [2.05, 4.69) is 13.8 Å². The van der Waals surface area contributed by atoms with Gasteiger partial charge in [-0.15, -0.1) is 0 Å². The van der Waals surface area contributed by atoms with Crippen LogP contribution >= 0.6 is 0 Å². The zero-order chi connectivity index (χ0) is 14.0. The number of ether oxygens (including phenoxy) is 3. The molecule has 0 radical (unpaired) electrons. The first kappa shape index (κ1) is 13.1. The van der Waals surface area contributed by atoms with Crippen molar-refractivity contribution < 1.29 is 19.0 Å². The van der Waals surface area contributed by atoms with Crippen molar-refractivity contribution in [1.29, 1.82) is 0 Å². The Morgan fingerprint density at radius 3 is 2.60 bits per heavy atom. The van der Waals surface area contributed by atoms with Crippen molar-refractivity contribution >= 4 is 6.47 Å². The van der Waals surface area contributed by atoms with Crippen molar-refractivity contribution in [3.8, 4) is 0 Å². The van der Waals surface area contributed by atoms with E-state index in [9.17, 15) is 4.79 Å². The minimum absolute atomic E-state index is 0.0432. The molecule has 4 heteroatoms. The molecule has 4 rings (SSSR count). The van der Waals surface area contributed by atoms with Gasteiger partial charge in [0.05, 0.1) is 23.4 Å². The van der Waals surface area contributed by atoms with E-state index in [0.717, 1.165) is 38.5 Å². The molecule has 4 fully saturated rings. The molecule has 0 bridgehead atoms. The second-order valence-electron chi connectivity index (χ2n) is 7.80. The van der Waals surface area contributed by atoms with E-state index < -0.39 is 0 Å². The van der Waals surface area contributed by atoms with Crippen LogP contribution in [-0.4, -0.2) is 35.5 Å². The third kappa shape index (κ3) is 2.00. The summed E-state index contributed by atoms with van der Waals surface area (Å²) in [5, 5.41) is 0.